The minimum atomic E-state index is 0.239. The molecule has 0 spiro atoms. The SMILES string of the molecule is CNC12COC(C)(C1)C2. The first kappa shape index (κ1) is 5.69. The van der Waals surface area contributed by atoms with Crippen molar-refractivity contribution in [3.8, 4) is 0 Å². The van der Waals surface area contributed by atoms with Gasteiger partial charge in [-0.05, 0) is 26.8 Å². The van der Waals surface area contributed by atoms with Gasteiger partial charge in [0.15, 0.2) is 0 Å². The Kier molecular flexibility index (Phi) is 0.837. The molecule has 2 aliphatic heterocycles. The fourth-order valence-corrected chi connectivity index (χ4v) is 2.15. The molecule has 0 atom stereocenters. The van der Waals surface area contributed by atoms with E-state index in [4.69, 9.17) is 4.74 Å². The van der Waals surface area contributed by atoms with Gasteiger partial charge in [-0.1, -0.05) is 0 Å². The van der Waals surface area contributed by atoms with Crippen LogP contribution in [0.5, 0.6) is 0 Å². The van der Waals surface area contributed by atoms with Crippen LogP contribution in [-0.2, 0) is 4.74 Å². The zero-order valence-electron chi connectivity index (χ0n) is 6.03. The number of fused-ring (bicyclic) bond motifs is 1. The van der Waals surface area contributed by atoms with Gasteiger partial charge in [-0.3, -0.25) is 0 Å². The van der Waals surface area contributed by atoms with Gasteiger partial charge in [0.25, 0.3) is 0 Å². The zero-order valence-corrected chi connectivity index (χ0v) is 6.03. The molecule has 9 heavy (non-hydrogen) atoms. The third-order valence-corrected chi connectivity index (χ3v) is 2.65. The summed E-state index contributed by atoms with van der Waals surface area (Å²) >= 11 is 0. The molecule has 2 saturated heterocycles. The van der Waals surface area contributed by atoms with Crippen molar-refractivity contribution in [1.82, 2.24) is 5.32 Å². The van der Waals surface area contributed by atoms with E-state index in [1.807, 2.05) is 7.05 Å². The highest BCUT2D eigenvalue weighted by Crippen LogP contribution is 2.50. The van der Waals surface area contributed by atoms with E-state index in [9.17, 15) is 0 Å². The fraction of sp³-hybridized carbons (Fsp3) is 1.00. The summed E-state index contributed by atoms with van der Waals surface area (Å²) in [5, 5.41) is 3.31. The summed E-state index contributed by atoms with van der Waals surface area (Å²) in [6.45, 7) is 3.11. The first-order valence-electron chi connectivity index (χ1n) is 3.51. The maximum Gasteiger partial charge on any atom is 0.0692 e. The van der Waals surface area contributed by atoms with Gasteiger partial charge < -0.3 is 10.1 Å². The summed E-state index contributed by atoms with van der Waals surface area (Å²) < 4.78 is 5.55. The Morgan fingerprint density at radius 2 is 2.11 bits per heavy atom. The number of likely N-dealkylation sites (N-methyl/N-ethyl adjacent to an activating group) is 1. The zero-order chi connectivity index (χ0) is 6.54. The Morgan fingerprint density at radius 3 is 2.33 bits per heavy atom. The normalized spacial score (nSPS) is 55.3. The first-order valence-corrected chi connectivity index (χ1v) is 3.51. The van der Waals surface area contributed by atoms with Crippen molar-refractivity contribution < 1.29 is 4.74 Å². The van der Waals surface area contributed by atoms with E-state index in [-0.39, 0.29) is 5.60 Å². The van der Waals surface area contributed by atoms with Crippen molar-refractivity contribution in [2.75, 3.05) is 13.7 Å². The van der Waals surface area contributed by atoms with E-state index >= 15 is 0 Å². The lowest BCUT2D eigenvalue weighted by Gasteiger charge is -2.42. The first-order chi connectivity index (χ1) is 4.18. The third kappa shape index (κ3) is 0.578. The summed E-state index contributed by atoms with van der Waals surface area (Å²) in [4.78, 5) is 0. The molecule has 3 rings (SSSR count). The summed E-state index contributed by atoms with van der Waals surface area (Å²) in [6.07, 6.45) is 2.41. The van der Waals surface area contributed by atoms with Gasteiger partial charge in [0, 0.05) is 5.54 Å². The predicted molar refractivity (Wildman–Crippen MR) is 35.4 cm³/mol. The fourth-order valence-electron chi connectivity index (χ4n) is 2.15. The average molecular weight is 127 g/mol. The maximum absolute atomic E-state index is 5.55. The molecule has 2 heterocycles. The molecule has 0 amide bonds. The van der Waals surface area contributed by atoms with Gasteiger partial charge >= 0.3 is 0 Å². The molecule has 2 bridgehead atoms. The lowest BCUT2D eigenvalue weighted by Crippen LogP contribution is -2.55. The minimum absolute atomic E-state index is 0.239. The Hall–Kier alpha value is -0.0800. The highest BCUT2D eigenvalue weighted by Gasteiger charge is 2.58. The number of hydrogen-bond acceptors (Lipinski definition) is 2. The van der Waals surface area contributed by atoms with Crippen LogP contribution in [0.4, 0.5) is 0 Å². The van der Waals surface area contributed by atoms with Crippen LogP contribution in [0.25, 0.3) is 0 Å². The van der Waals surface area contributed by atoms with Crippen molar-refractivity contribution in [2.45, 2.75) is 30.9 Å². The molecule has 0 unspecified atom stereocenters. The van der Waals surface area contributed by atoms with E-state index in [2.05, 4.69) is 12.2 Å². The number of hydrogen-bond donors (Lipinski definition) is 1. The Labute approximate surface area is 55.6 Å². The van der Waals surface area contributed by atoms with Crippen LogP contribution in [0.1, 0.15) is 19.8 Å². The molecule has 0 aromatic heterocycles. The summed E-state index contributed by atoms with van der Waals surface area (Å²) in [7, 11) is 2.02. The van der Waals surface area contributed by atoms with E-state index in [0.717, 1.165) is 6.61 Å². The number of nitrogens with one attached hydrogen (secondary N) is 1. The van der Waals surface area contributed by atoms with Crippen LogP contribution in [0, 0.1) is 0 Å². The topological polar surface area (TPSA) is 21.3 Å². The van der Waals surface area contributed by atoms with Gasteiger partial charge in [-0.2, -0.15) is 0 Å². The van der Waals surface area contributed by atoms with Gasteiger partial charge in [-0.25, -0.2) is 0 Å². The predicted octanol–water partition coefficient (Wildman–Crippen LogP) is 0.527. The second kappa shape index (κ2) is 1.32. The molecule has 0 aromatic carbocycles. The van der Waals surface area contributed by atoms with E-state index in [0.29, 0.717) is 5.54 Å². The molecule has 1 saturated carbocycles. The number of rotatable bonds is 1. The standard InChI is InChI=1S/C7H13NO/c1-6-3-7(4-6,8-2)5-9-6/h8H,3-5H2,1-2H3. The quantitative estimate of drug-likeness (QED) is 0.554. The van der Waals surface area contributed by atoms with Crippen LogP contribution in [0.3, 0.4) is 0 Å². The molecule has 3 aliphatic rings. The highest BCUT2D eigenvalue weighted by molar-refractivity contribution is 5.14. The van der Waals surface area contributed by atoms with Gasteiger partial charge in [0.2, 0.25) is 0 Å². The molecular formula is C7H13NO. The number of ether oxygens (including phenoxy) is 1. The van der Waals surface area contributed by atoms with Crippen LogP contribution in [0.2, 0.25) is 0 Å². The van der Waals surface area contributed by atoms with Crippen molar-refractivity contribution in [1.29, 1.82) is 0 Å². The van der Waals surface area contributed by atoms with Crippen LogP contribution in [-0.4, -0.2) is 24.8 Å². The summed E-state index contributed by atoms with van der Waals surface area (Å²) in [5.74, 6) is 0. The third-order valence-electron chi connectivity index (χ3n) is 2.65. The van der Waals surface area contributed by atoms with Gasteiger partial charge in [-0.15, -0.1) is 0 Å². The molecule has 0 radical (unpaired) electrons. The average Bonchev–Trinajstić information content (AvgIpc) is 2.20. The Morgan fingerprint density at radius 1 is 1.44 bits per heavy atom. The highest BCUT2D eigenvalue weighted by atomic mass is 16.5. The second-order valence-corrected chi connectivity index (χ2v) is 3.62. The molecule has 1 N–H and O–H groups in total. The minimum Gasteiger partial charge on any atom is -0.373 e. The molecule has 2 heteroatoms. The summed E-state index contributed by atoms with van der Waals surface area (Å²) in [5.41, 5.74) is 0.609. The van der Waals surface area contributed by atoms with Crippen molar-refractivity contribution in [3.63, 3.8) is 0 Å². The molecular weight excluding hydrogens is 114 g/mol. The molecule has 3 fully saturated rings. The van der Waals surface area contributed by atoms with Crippen LogP contribution < -0.4 is 5.32 Å². The smallest absolute Gasteiger partial charge is 0.0692 e. The van der Waals surface area contributed by atoms with Gasteiger partial charge in [0.05, 0.1) is 12.2 Å². The second-order valence-electron chi connectivity index (χ2n) is 3.62. The maximum atomic E-state index is 5.55. The molecule has 1 aliphatic carbocycles. The van der Waals surface area contributed by atoms with E-state index in [1.54, 1.807) is 0 Å². The Balaban J connectivity index is 2.12. The summed E-state index contributed by atoms with van der Waals surface area (Å²) in [6, 6.07) is 0. The molecule has 2 nitrogen and oxygen atoms in total. The largest absolute Gasteiger partial charge is 0.373 e. The van der Waals surface area contributed by atoms with Crippen molar-refractivity contribution in [3.05, 3.63) is 0 Å². The van der Waals surface area contributed by atoms with E-state index < -0.39 is 0 Å². The van der Waals surface area contributed by atoms with Gasteiger partial charge in [0.1, 0.15) is 0 Å². The Bertz CT molecular complexity index is 138. The van der Waals surface area contributed by atoms with Crippen LogP contribution >= 0.6 is 0 Å². The lowest BCUT2D eigenvalue weighted by atomic mass is 9.70. The van der Waals surface area contributed by atoms with Crippen molar-refractivity contribution >= 4 is 0 Å². The van der Waals surface area contributed by atoms with Crippen molar-refractivity contribution in [2.24, 2.45) is 0 Å². The lowest BCUT2D eigenvalue weighted by molar-refractivity contribution is 0.0133. The molecule has 52 valence electrons. The van der Waals surface area contributed by atoms with E-state index in [1.165, 1.54) is 12.8 Å². The molecule has 0 aromatic rings. The van der Waals surface area contributed by atoms with Crippen LogP contribution in [0.15, 0.2) is 0 Å². The monoisotopic (exact) mass is 127 g/mol.